The highest BCUT2D eigenvalue weighted by molar-refractivity contribution is 6.11. The van der Waals surface area contributed by atoms with E-state index in [1.807, 2.05) is 30.3 Å². The van der Waals surface area contributed by atoms with E-state index in [1.54, 1.807) is 24.3 Å². The van der Waals surface area contributed by atoms with E-state index in [0.29, 0.717) is 12.0 Å². The summed E-state index contributed by atoms with van der Waals surface area (Å²) in [7, 11) is 0. The van der Waals surface area contributed by atoms with Crippen molar-refractivity contribution in [1.29, 1.82) is 0 Å². The van der Waals surface area contributed by atoms with E-state index in [0.717, 1.165) is 22.4 Å². The molecule has 1 spiro atoms. The van der Waals surface area contributed by atoms with Gasteiger partial charge in [0.1, 0.15) is 5.54 Å². The van der Waals surface area contributed by atoms with Crippen LogP contribution in [0.1, 0.15) is 27.9 Å². The first-order chi connectivity index (χ1) is 11.6. The summed E-state index contributed by atoms with van der Waals surface area (Å²) in [4.78, 5) is 38.7. The molecule has 2 aromatic carbocycles. The molecule has 2 aliphatic rings. The van der Waals surface area contributed by atoms with Gasteiger partial charge in [-0.2, -0.15) is 0 Å². The highest BCUT2D eigenvalue weighted by atomic mass is 16.2. The Morgan fingerprint density at radius 3 is 2.54 bits per heavy atom. The molecule has 5 nitrogen and oxygen atoms in total. The quantitative estimate of drug-likeness (QED) is 0.697. The molecule has 24 heavy (non-hydrogen) atoms. The van der Waals surface area contributed by atoms with Crippen LogP contribution in [0.5, 0.6) is 0 Å². The molecule has 5 heteroatoms. The van der Waals surface area contributed by atoms with Gasteiger partial charge in [-0.05, 0) is 24.0 Å². The van der Waals surface area contributed by atoms with E-state index in [2.05, 4.69) is 5.32 Å². The van der Waals surface area contributed by atoms with E-state index in [4.69, 9.17) is 0 Å². The Labute approximate surface area is 139 Å². The summed E-state index contributed by atoms with van der Waals surface area (Å²) in [6.45, 7) is -0.238. The number of hydrogen-bond acceptors (Lipinski definition) is 3. The molecule has 0 unspecified atom stereocenters. The summed E-state index contributed by atoms with van der Waals surface area (Å²) in [6.07, 6.45) is 1.27. The van der Waals surface area contributed by atoms with Crippen molar-refractivity contribution in [3.8, 4) is 0 Å². The molecule has 1 aliphatic heterocycles. The Kier molecular flexibility index (Phi) is 3.23. The van der Waals surface area contributed by atoms with Gasteiger partial charge in [-0.25, -0.2) is 4.79 Å². The monoisotopic (exact) mass is 320 g/mol. The molecule has 1 saturated heterocycles. The molecule has 0 radical (unpaired) electrons. The molecule has 4 rings (SSSR count). The smallest absolute Gasteiger partial charge is 0.319 e. The second kappa shape index (κ2) is 5.30. The van der Waals surface area contributed by atoms with Gasteiger partial charge in [0.15, 0.2) is 5.78 Å². The Morgan fingerprint density at radius 1 is 1.04 bits per heavy atom. The number of imide groups is 1. The van der Waals surface area contributed by atoms with Crippen molar-refractivity contribution in [2.24, 2.45) is 0 Å². The first kappa shape index (κ1) is 14.6. The molecule has 1 fully saturated rings. The number of rotatable bonds is 3. The number of benzene rings is 2. The predicted octanol–water partition coefficient (Wildman–Crippen LogP) is 2.26. The zero-order valence-corrected chi connectivity index (χ0v) is 13.0. The number of nitrogens with zero attached hydrogens (tertiary/aromatic N) is 1. The fourth-order valence-electron chi connectivity index (χ4n) is 3.59. The lowest BCUT2D eigenvalue weighted by Crippen LogP contribution is -2.42. The van der Waals surface area contributed by atoms with Crippen molar-refractivity contribution in [3.05, 3.63) is 71.3 Å². The highest BCUT2D eigenvalue weighted by Crippen LogP contribution is 2.41. The Balaban J connectivity index is 1.63. The van der Waals surface area contributed by atoms with Crippen molar-refractivity contribution in [2.45, 2.75) is 18.4 Å². The van der Waals surface area contributed by atoms with Crippen molar-refractivity contribution < 1.29 is 14.4 Å². The van der Waals surface area contributed by atoms with Crippen LogP contribution >= 0.6 is 0 Å². The van der Waals surface area contributed by atoms with Gasteiger partial charge in [-0.1, -0.05) is 54.6 Å². The SMILES string of the molecule is O=C(CN1C(=O)N[C@@]2(CCc3ccccc32)C1=O)c1ccccc1. The summed E-state index contributed by atoms with van der Waals surface area (Å²) in [5.74, 6) is -0.579. The summed E-state index contributed by atoms with van der Waals surface area (Å²) in [5.41, 5.74) is 1.40. The lowest BCUT2D eigenvalue weighted by Gasteiger charge is -2.22. The Bertz CT molecular complexity index is 847. The van der Waals surface area contributed by atoms with Crippen LogP contribution in [0.25, 0.3) is 0 Å². The fourth-order valence-corrected chi connectivity index (χ4v) is 3.59. The zero-order chi connectivity index (χ0) is 16.7. The molecule has 3 amide bonds. The van der Waals surface area contributed by atoms with Gasteiger partial charge in [0, 0.05) is 5.56 Å². The van der Waals surface area contributed by atoms with Gasteiger partial charge in [0.2, 0.25) is 0 Å². The second-order valence-corrected chi connectivity index (χ2v) is 6.17. The summed E-state index contributed by atoms with van der Waals surface area (Å²) in [5, 5.41) is 2.83. The van der Waals surface area contributed by atoms with E-state index in [1.165, 1.54) is 0 Å². The number of ketones is 1. The van der Waals surface area contributed by atoms with Crippen LogP contribution in [-0.2, 0) is 16.8 Å². The number of aryl methyl sites for hydroxylation is 1. The third-order valence-corrected chi connectivity index (χ3v) is 4.82. The maximum Gasteiger partial charge on any atom is 0.325 e. The van der Waals surface area contributed by atoms with E-state index >= 15 is 0 Å². The largest absolute Gasteiger partial charge is 0.325 e. The average molecular weight is 320 g/mol. The van der Waals surface area contributed by atoms with Gasteiger partial charge in [-0.3, -0.25) is 14.5 Å². The molecule has 0 bridgehead atoms. The van der Waals surface area contributed by atoms with Crippen LogP contribution in [0.15, 0.2) is 54.6 Å². The Morgan fingerprint density at radius 2 is 1.75 bits per heavy atom. The number of carbonyl (C=O) groups is 3. The standard InChI is InChI=1S/C19H16N2O3/c22-16(14-7-2-1-3-8-14)12-21-17(23)19(20-18(21)24)11-10-13-6-4-5-9-15(13)19/h1-9H,10-12H2,(H,20,24)/t19-/m1/s1. The summed E-state index contributed by atoms with van der Waals surface area (Å²) >= 11 is 0. The summed E-state index contributed by atoms with van der Waals surface area (Å²) < 4.78 is 0. The molecular formula is C19H16N2O3. The lowest BCUT2D eigenvalue weighted by molar-refractivity contribution is -0.131. The first-order valence-corrected chi connectivity index (χ1v) is 7.92. The van der Waals surface area contributed by atoms with Crippen LogP contribution in [0.3, 0.4) is 0 Å². The maximum absolute atomic E-state index is 13.0. The second-order valence-electron chi connectivity index (χ2n) is 6.17. The molecule has 2 aromatic rings. The summed E-state index contributed by atoms with van der Waals surface area (Å²) in [6, 6.07) is 15.8. The molecule has 1 aliphatic carbocycles. The number of fused-ring (bicyclic) bond motifs is 2. The van der Waals surface area contributed by atoms with E-state index < -0.39 is 11.6 Å². The third-order valence-electron chi connectivity index (χ3n) is 4.82. The van der Waals surface area contributed by atoms with Crippen LogP contribution in [0, 0.1) is 0 Å². The molecule has 1 heterocycles. The number of hydrogen-bond donors (Lipinski definition) is 1. The van der Waals surface area contributed by atoms with Crippen molar-refractivity contribution in [2.75, 3.05) is 6.54 Å². The number of urea groups is 1. The van der Waals surface area contributed by atoms with Gasteiger partial charge in [-0.15, -0.1) is 0 Å². The molecule has 1 atom stereocenters. The zero-order valence-electron chi connectivity index (χ0n) is 13.0. The molecular weight excluding hydrogens is 304 g/mol. The number of Topliss-reactive ketones (excluding diaryl/α,β-unsaturated/α-hetero) is 1. The number of carbonyl (C=O) groups excluding carboxylic acids is 3. The minimum absolute atomic E-state index is 0.238. The normalized spacial score (nSPS) is 21.9. The van der Waals surface area contributed by atoms with Gasteiger partial charge >= 0.3 is 6.03 Å². The number of nitrogens with one attached hydrogen (secondary N) is 1. The van der Waals surface area contributed by atoms with Gasteiger partial charge < -0.3 is 5.32 Å². The molecule has 0 aromatic heterocycles. The molecule has 1 N–H and O–H groups in total. The molecule has 120 valence electrons. The van der Waals surface area contributed by atoms with Crippen LogP contribution in [0.4, 0.5) is 4.79 Å². The minimum atomic E-state index is -1.01. The highest BCUT2D eigenvalue weighted by Gasteiger charge is 2.55. The van der Waals surface area contributed by atoms with Gasteiger partial charge in [0.05, 0.1) is 6.54 Å². The fraction of sp³-hybridized carbons (Fsp3) is 0.211. The third kappa shape index (κ3) is 2.05. The van der Waals surface area contributed by atoms with Crippen LogP contribution in [-0.4, -0.2) is 29.2 Å². The Hall–Kier alpha value is -2.95. The van der Waals surface area contributed by atoms with E-state index in [-0.39, 0.29) is 18.2 Å². The number of amides is 3. The van der Waals surface area contributed by atoms with Gasteiger partial charge in [0.25, 0.3) is 5.91 Å². The van der Waals surface area contributed by atoms with Crippen molar-refractivity contribution in [1.82, 2.24) is 10.2 Å². The van der Waals surface area contributed by atoms with Crippen LogP contribution < -0.4 is 5.32 Å². The van der Waals surface area contributed by atoms with Crippen molar-refractivity contribution >= 4 is 17.7 Å². The van der Waals surface area contributed by atoms with Crippen molar-refractivity contribution in [3.63, 3.8) is 0 Å². The first-order valence-electron chi connectivity index (χ1n) is 7.92. The van der Waals surface area contributed by atoms with E-state index in [9.17, 15) is 14.4 Å². The lowest BCUT2D eigenvalue weighted by atomic mass is 9.92. The maximum atomic E-state index is 13.0. The van der Waals surface area contributed by atoms with Crippen LogP contribution in [0.2, 0.25) is 0 Å². The predicted molar refractivity (Wildman–Crippen MR) is 87.5 cm³/mol. The average Bonchev–Trinajstić information content (AvgIpc) is 3.10. The minimum Gasteiger partial charge on any atom is -0.319 e. The topological polar surface area (TPSA) is 66.5 Å². The molecule has 0 saturated carbocycles.